The normalized spacial score (nSPS) is 16.0. The van der Waals surface area contributed by atoms with Gasteiger partial charge in [-0.2, -0.15) is 10.5 Å². The van der Waals surface area contributed by atoms with Gasteiger partial charge in [0.05, 0.1) is 12.1 Å². The molecule has 0 saturated heterocycles. The van der Waals surface area contributed by atoms with E-state index in [9.17, 15) is 0 Å². The Morgan fingerprint density at radius 3 is 1.62 bits per heavy atom. The first kappa shape index (κ1) is 12.0. The molecule has 0 saturated carbocycles. The highest BCUT2D eigenvalue weighted by Gasteiger charge is 2.30. The van der Waals surface area contributed by atoms with E-state index in [0.29, 0.717) is 5.92 Å². The standard InChI is InChI=1S/C11H18N2/c1-8(10(6-12)7-13)9(2)11(3,4)5/h8-10H,1-5H3/t8-,9+/m1/s1. The van der Waals surface area contributed by atoms with Crippen LogP contribution in [0.2, 0.25) is 0 Å². The van der Waals surface area contributed by atoms with Gasteiger partial charge in [0.15, 0.2) is 0 Å². The summed E-state index contributed by atoms with van der Waals surface area (Å²) in [7, 11) is 0. The van der Waals surface area contributed by atoms with Crippen LogP contribution in [0.1, 0.15) is 34.6 Å². The van der Waals surface area contributed by atoms with Crippen molar-refractivity contribution in [1.29, 1.82) is 10.5 Å². The van der Waals surface area contributed by atoms with Crippen molar-refractivity contribution in [3.63, 3.8) is 0 Å². The Morgan fingerprint density at radius 2 is 1.38 bits per heavy atom. The topological polar surface area (TPSA) is 47.6 Å². The van der Waals surface area contributed by atoms with Gasteiger partial charge in [0.1, 0.15) is 5.92 Å². The van der Waals surface area contributed by atoms with Gasteiger partial charge in [-0.1, -0.05) is 34.6 Å². The molecule has 2 heteroatoms. The van der Waals surface area contributed by atoms with Gasteiger partial charge in [-0.25, -0.2) is 0 Å². The van der Waals surface area contributed by atoms with Crippen LogP contribution < -0.4 is 0 Å². The highest BCUT2D eigenvalue weighted by molar-refractivity contribution is 5.03. The summed E-state index contributed by atoms with van der Waals surface area (Å²) in [6.07, 6.45) is 0. The zero-order chi connectivity index (χ0) is 10.6. The van der Waals surface area contributed by atoms with E-state index in [2.05, 4.69) is 27.7 Å². The summed E-state index contributed by atoms with van der Waals surface area (Å²) >= 11 is 0. The van der Waals surface area contributed by atoms with E-state index >= 15 is 0 Å². The molecule has 0 aliphatic carbocycles. The van der Waals surface area contributed by atoms with Crippen molar-refractivity contribution in [2.75, 3.05) is 0 Å². The van der Waals surface area contributed by atoms with Crippen LogP contribution in [0.4, 0.5) is 0 Å². The lowest BCUT2D eigenvalue weighted by molar-refractivity contribution is 0.173. The van der Waals surface area contributed by atoms with E-state index in [4.69, 9.17) is 10.5 Å². The SMILES string of the molecule is C[C@@H](C(C#N)C#N)[C@H](C)C(C)(C)C. The summed E-state index contributed by atoms with van der Waals surface area (Å²) in [6, 6.07) is 4.09. The Kier molecular flexibility index (Phi) is 3.95. The summed E-state index contributed by atoms with van der Waals surface area (Å²) in [5, 5.41) is 17.5. The third-order valence-electron chi connectivity index (χ3n) is 2.96. The Balaban J connectivity index is 4.54. The number of nitrogens with zero attached hydrogens (tertiary/aromatic N) is 2. The zero-order valence-corrected chi connectivity index (χ0v) is 9.13. The van der Waals surface area contributed by atoms with Gasteiger partial charge in [-0.3, -0.25) is 0 Å². The number of nitriles is 2. The summed E-state index contributed by atoms with van der Waals surface area (Å²) in [4.78, 5) is 0. The molecular formula is C11H18N2. The molecule has 0 heterocycles. The average molecular weight is 178 g/mol. The molecule has 0 aromatic rings. The van der Waals surface area contributed by atoms with Gasteiger partial charge in [0.25, 0.3) is 0 Å². The van der Waals surface area contributed by atoms with Gasteiger partial charge in [-0.15, -0.1) is 0 Å². The lowest BCUT2D eigenvalue weighted by Gasteiger charge is -2.32. The van der Waals surface area contributed by atoms with Crippen molar-refractivity contribution >= 4 is 0 Å². The molecule has 2 nitrogen and oxygen atoms in total. The summed E-state index contributed by atoms with van der Waals surface area (Å²) in [5.74, 6) is 0.0287. The fourth-order valence-corrected chi connectivity index (χ4v) is 1.34. The monoisotopic (exact) mass is 178 g/mol. The molecule has 0 rings (SSSR count). The minimum atomic E-state index is -0.478. The fraction of sp³-hybridized carbons (Fsp3) is 0.818. The van der Waals surface area contributed by atoms with E-state index in [1.807, 2.05) is 19.1 Å². The first-order chi connectivity index (χ1) is 5.84. The number of rotatable bonds is 2. The third-order valence-corrected chi connectivity index (χ3v) is 2.96. The second-order valence-electron chi connectivity index (χ2n) is 4.75. The fourth-order valence-electron chi connectivity index (χ4n) is 1.34. The Morgan fingerprint density at radius 1 is 1.00 bits per heavy atom. The average Bonchev–Trinajstić information content (AvgIpc) is 2.03. The molecule has 13 heavy (non-hydrogen) atoms. The highest BCUT2D eigenvalue weighted by Crippen LogP contribution is 2.34. The van der Waals surface area contributed by atoms with Crippen LogP contribution in [-0.4, -0.2) is 0 Å². The molecule has 0 bridgehead atoms. The van der Waals surface area contributed by atoms with E-state index in [1.165, 1.54) is 0 Å². The van der Waals surface area contributed by atoms with Crippen LogP contribution in [0.25, 0.3) is 0 Å². The predicted octanol–water partition coefficient (Wildman–Crippen LogP) is 2.97. The summed E-state index contributed by atoms with van der Waals surface area (Å²) in [5.41, 5.74) is 0.158. The molecule has 0 fully saturated rings. The van der Waals surface area contributed by atoms with E-state index in [-0.39, 0.29) is 11.3 Å². The molecule has 0 radical (unpaired) electrons. The van der Waals surface area contributed by atoms with Gasteiger partial charge in [-0.05, 0) is 17.3 Å². The van der Waals surface area contributed by atoms with Crippen LogP contribution in [0.15, 0.2) is 0 Å². The first-order valence-electron chi connectivity index (χ1n) is 4.63. The van der Waals surface area contributed by atoms with Crippen molar-refractivity contribution in [3.8, 4) is 12.1 Å². The van der Waals surface area contributed by atoms with Crippen molar-refractivity contribution in [3.05, 3.63) is 0 Å². The molecule has 2 atom stereocenters. The molecule has 0 aliphatic heterocycles. The first-order valence-corrected chi connectivity index (χ1v) is 4.63. The minimum Gasteiger partial charge on any atom is -0.197 e. The van der Waals surface area contributed by atoms with Crippen molar-refractivity contribution in [1.82, 2.24) is 0 Å². The molecule has 0 aromatic carbocycles. The maximum atomic E-state index is 8.74. The van der Waals surface area contributed by atoms with E-state index < -0.39 is 5.92 Å². The second-order valence-corrected chi connectivity index (χ2v) is 4.75. The lowest BCUT2D eigenvalue weighted by atomic mass is 9.71. The van der Waals surface area contributed by atoms with Crippen molar-refractivity contribution in [2.24, 2.45) is 23.2 Å². The van der Waals surface area contributed by atoms with Crippen LogP contribution in [0, 0.1) is 45.8 Å². The summed E-state index contributed by atoms with van der Waals surface area (Å²) < 4.78 is 0. The van der Waals surface area contributed by atoms with Gasteiger partial charge >= 0.3 is 0 Å². The predicted molar refractivity (Wildman–Crippen MR) is 52.5 cm³/mol. The summed E-state index contributed by atoms with van der Waals surface area (Å²) in [6.45, 7) is 10.5. The van der Waals surface area contributed by atoms with Crippen LogP contribution in [0.5, 0.6) is 0 Å². The molecule has 0 aliphatic rings. The molecule has 0 spiro atoms. The van der Waals surface area contributed by atoms with Gasteiger partial charge < -0.3 is 0 Å². The second kappa shape index (κ2) is 4.28. The highest BCUT2D eigenvalue weighted by atomic mass is 14.4. The van der Waals surface area contributed by atoms with Gasteiger partial charge in [0, 0.05) is 0 Å². The minimum absolute atomic E-state index is 0.134. The quantitative estimate of drug-likeness (QED) is 0.652. The lowest BCUT2D eigenvalue weighted by Crippen LogP contribution is -2.27. The van der Waals surface area contributed by atoms with Crippen LogP contribution >= 0.6 is 0 Å². The Hall–Kier alpha value is -1.02. The molecule has 0 amide bonds. The maximum Gasteiger partial charge on any atom is 0.136 e. The third kappa shape index (κ3) is 3.07. The largest absolute Gasteiger partial charge is 0.197 e. The van der Waals surface area contributed by atoms with Crippen LogP contribution in [-0.2, 0) is 0 Å². The Labute approximate surface area is 81.2 Å². The molecular weight excluding hydrogens is 160 g/mol. The maximum absolute atomic E-state index is 8.74. The van der Waals surface area contributed by atoms with Crippen LogP contribution in [0.3, 0.4) is 0 Å². The van der Waals surface area contributed by atoms with Gasteiger partial charge in [0.2, 0.25) is 0 Å². The smallest absolute Gasteiger partial charge is 0.136 e. The molecule has 0 aromatic heterocycles. The number of hydrogen-bond donors (Lipinski definition) is 0. The van der Waals surface area contributed by atoms with Crippen molar-refractivity contribution in [2.45, 2.75) is 34.6 Å². The number of hydrogen-bond acceptors (Lipinski definition) is 2. The van der Waals surface area contributed by atoms with Crippen molar-refractivity contribution < 1.29 is 0 Å². The van der Waals surface area contributed by atoms with E-state index in [1.54, 1.807) is 0 Å². The van der Waals surface area contributed by atoms with E-state index in [0.717, 1.165) is 0 Å². The Bertz CT molecular complexity index is 222. The molecule has 72 valence electrons. The molecule has 0 unspecified atom stereocenters. The molecule has 0 N–H and O–H groups in total. The zero-order valence-electron chi connectivity index (χ0n) is 9.13.